The van der Waals surface area contributed by atoms with E-state index < -0.39 is 17.6 Å². The van der Waals surface area contributed by atoms with E-state index in [1.54, 1.807) is 24.3 Å². The van der Waals surface area contributed by atoms with Crippen LogP contribution in [-0.4, -0.2) is 5.91 Å². The monoisotopic (exact) mass is 278 g/mol. The van der Waals surface area contributed by atoms with Crippen LogP contribution in [0.2, 0.25) is 0 Å². The van der Waals surface area contributed by atoms with Crippen LogP contribution in [0.15, 0.2) is 48.5 Å². The summed E-state index contributed by atoms with van der Waals surface area (Å²) in [7, 11) is 0. The molecule has 1 amide bonds. The molecule has 0 spiro atoms. The zero-order valence-electron chi connectivity index (χ0n) is 10.4. The molecular formula is C15H11F3NO. The molecule has 0 aliphatic carbocycles. The van der Waals surface area contributed by atoms with E-state index in [0.29, 0.717) is 6.54 Å². The Labute approximate surface area is 114 Å². The molecule has 1 radical (unpaired) electrons. The summed E-state index contributed by atoms with van der Waals surface area (Å²) in [5, 5.41) is 2.64. The van der Waals surface area contributed by atoms with E-state index >= 15 is 0 Å². The molecule has 0 aromatic heterocycles. The van der Waals surface area contributed by atoms with Crippen molar-refractivity contribution in [2.75, 3.05) is 0 Å². The number of carbonyl (C=O) groups excluding carboxylic acids is 1. The lowest BCUT2D eigenvalue weighted by atomic mass is 10.1. The minimum absolute atomic E-state index is 0.195. The number of alkyl halides is 3. The third-order valence-corrected chi connectivity index (χ3v) is 2.71. The van der Waals surface area contributed by atoms with Crippen LogP contribution in [0, 0.1) is 6.07 Å². The highest BCUT2D eigenvalue weighted by Crippen LogP contribution is 2.29. The second-order valence-electron chi connectivity index (χ2n) is 4.17. The number of amides is 1. The van der Waals surface area contributed by atoms with Crippen molar-refractivity contribution in [3.63, 3.8) is 0 Å². The molecule has 0 heterocycles. The van der Waals surface area contributed by atoms with Gasteiger partial charge in [0.05, 0.1) is 5.56 Å². The van der Waals surface area contributed by atoms with Gasteiger partial charge in [-0.1, -0.05) is 24.3 Å². The highest BCUT2D eigenvalue weighted by molar-refractivity contribution is 5.94. The fourth-order valence-corrected chi connectivity index (χ4v) is 1.63. The minimum atomic E-state index is -4.39. The number of halogens is 3. The Morgan fingerprint density at radius 1 is 1.05 bits per heavy atom. The lowest BCUT2D eigenvalue weighted by molar-refractivity contribution is -0.137. The highest BCUT2D eigenvalue weighted by atomic mass is 19.4. The van der Waals surface area contributed by atoms with Crippen molar-refractivity contribution in [2.24, 2.45) is 0 Å². The van der Waals surface area contributed by atoms with Crippen LogP contribution < -0.4 is 5.32 Å². The fraction of sp³-hybridized carbons (Fsp3) is 0.133. The van der Waals surface area contributed by atoms with Gasteiger partial charge in [0.2, 0.25) is 0 Å². The quantitative estimate of drug-likeness (QED) is 0.915. The van der Waals surface area contributed by atoms with Crippen molar-refractivity contribution >= 4 is 5.91 Å². The van der Waals surface area contributed by atoms with Crippen LogP contribution in [0.25, 0.3) is 0 Å². The summed E-state index contributed by atoms with van der Waals surface area (Å²) in [5.41, 5.74) is 0.317. The average Bonchev–Trinajstić information content (AvgIpc) is 2.45. The van der Waals surface area contributed by atoms with Crippen LogP contribution in [0.3, 0.4) is 0 Å². The Kier molecular flexibility index (Phi) is 4.08. The van der Waals surface area contributed by atoms with Crippen LogP contribution in [0.4, 0.5) is 13.2 Å². The predicted octanol–water partition coefficient (Wildman–Crippen LogP) is 3.44. The average molecular weight is 278 g/mol. The molecule has 20 heavy (non-hydrogen) atoms. The number of nitrogens with one attached hydrogen (secondary N) is 1. The topological polar surface area (TPSA) is 29.1 Å². The van der Waals surface area contributed by atoms with Gasteiger partial charge in [0, 0.05) is 12.1 Å². The van der Waals surface area contributed by atoms with Gasteiger partial charge in [-0.15, -0.1) is 0 Å². The lowest BCUT2D eigenvalue weighted by Gasteiger charge is -2.08. The second kappa shape index (κ2) is 5.77. The number of carbonyl (C=O) groups is 1. The van der Waals surface area contributed by atoms with Crippen molar-refractivity contribution < 1.29 is 18.0 Å². The Bertz CT molecular complexity index is 576. The van der Waals surface area contributed by atoms with Crippen LogP contribution in [0.5, 0.6) is 0 Å². The Morgan fingerprint density at radius 3 is 2.20 bits per heavy atom. The van der Waals surface area contributed by atoms with Gasteiger partial charge in [0.25, 0.3) is 5.91 Å². The first-order chi connectivity index (χ1) is 9.47. The molecule has 103 valence electrons. The maximum Gasteiger partial charge on any atom is 0.416 e. The maximum atomic E-state index is 12.4. The molecule has 0 fully saturated rings. The summed E-state index contributed by atoms with van der Waals surface area (Å²) in [6.45, 7) is 0.314. The summed E-state index contributed by atoms with van der Waals surface area (Å²) in [5.74, 6) is -0.411. The molecular weight excluding hydrogens is 267 g/mol. The van der Waals surface area contributed by atoms with Gasteiger partial charge in [-0.05, 0) is 35.9 Å². The summed E-state index contributed by atoms with van der Waals surface area (Å²) in [6, 6.07) is 14.0. The first-order valence-corrected chi connectivity index (χ1v) is 5.87. The summed E-state index contributed by atoms with van der Waals surface area (Å²) < 4.78 is 37.2. The smallest absolute Gasteiger partial charge is 0.348 e. The Balaban J connectivity index is 1.99. The van der Waals surface area contributed by atoms with Crippen molar-refractivity contribution in [1.82, 2.24) is 5.32 Å². The first kappa shape index (κ1) is 14.1. The molecule has 0 bridgehead atoms. The van der Waals surface area contributed by atoms with E-state index in [9.17, 15) is 18.0 Å². The van der Waals surface area contributed by atoms with E-state index in [1.807, 2.05) is 0 Å². The number of hydrogen-bond acceptors (Lipinski definition) is 1. The molecule has 5 heteroatoms. The molecule has 0 saturated heterocycles. The number of benzene rings is 2. The summed E-state index contributed by atoms with van der Waals surface area (Å²) >= 11 is 0. The second-order valence-corrected chi connectivity index (χ2v) is 4.17. The molecule has 0 aliphatic rings. The van der Waals surface area contributed by atoms with E-state index in [4.69, 9.17) is 0 Å². The minimum Gasteiger partial charge on any atom is -0.348 e. The fourth-order valence-electron chi connectivity index (χ4n) is 1.63. The molecule has 0 atom stereocenters. The van der Waals surface area contributed by atoms with Crippen molar-refractivity contribution in [2.45, 2.75) is 12.7 Å². The molecule has 2 aromatic carbocycles. The first-order valence-electron chi connectivity index (χ1n) is 5.87. The van der Waals surface area contributed by atoms with Gasteiger partial charge in [-0.2, -0.15) is 13.2 Å². The van der Waals surface area contributed by atoms with Crippen molar-refractivity contribution in [1.29, 1.82) is 0 Å². The maximum absolute atomic E-state index is 12.4. The lowest BCUT2D eigenvalue weighted by Crippen LogP contribution is -2.22. The van der Waals surface area contributed by atoms with Gasteiger partial charge in [0.15, 0.2) is 0 Å². The summed E-state index contributed by atoms with van der Waals surface area (Å²) in [4.78, 5) is 11.8. The molecule has 2 nitrogen and oxygen atoms in total. The Morgan fingerprint density at radius 2 is 1.65 bits per heavy atom. The van der Waals surface area contributed by atoms with Gasteiger partial charge >= 0.3 is 6.18 Å². The molecule has 0 unspecified atom stereocenters. The van der Waals surface area contributed by atoms with Crippen LogP contribution in [-0.2, 0) is 12.7 Å². The standard InChI is InChI=1S/C15H11F3NO/c16-15(17,18)13-8-6-12(7-9-13)14(20)19-10-11-4-2-1-3-5-11/h2-9H,10H2,(H,19,20). The SMILES string of the molecule is O=C(NCc1cc[c]cc1)c1ccc(C(F)(F)F)cc1. The van der Waals surface area contributed by atoms with Gasteiger partial charge in [0.1, 0.15) is 0 Å². The highest BCUT2D eigenvalue weighted by Gasteiger charge is 2.30. The molecule has 0 saturated carbocycles. The van der Waals surface area contributed by atoms with Crippen LogP contribution >= 0.6 is 0 Å². The molecule has 1 N–H and O–H groups in total. The summed E-state index contributed by atoms with van der Waals surface area (Å²) in [6.07, 6.45) is -4.39. The van der Waals surface area contributed by atoms with Gasteiger partial charge < -0.3 is 5.32 Å². The van der Waals surface area contributed by atoms with Crippen molar-refractivity contribution in [3.05, 3.63) is 71.3 Å². The normalized spacial score (nSPS) is 11.2. The predicted molar refractivity (Wildman–Crippen MR) is 67.9 cm³/mol. The Hall–Kier alpha value is -2.30. The van der Waals surface area contributed by atoms with E-state index in [0.717, 1.165) is 29.8 Å². The van der Waals surface area contributed by atoms with Gasteiger partial charge in [-0.3, -0.25) is 4.79 Å². The van der Waals surface area contributed by atoms with Gasteiger partial charge in [-0.25, -0.2) is 0 Å². The van der Waals surface area contributed by atoms with E-state index in [-0.39, 0.29) is 5.56 Å². The zero-order valence-corrected chi connectivity index (χ0v) is 10.4. The molecule has 2 rings (SSSR count). The third-order valence-electron chi connectivity index (χ3n) is 2.71. The molecule has 0 aliphatic heterocycles. The number of hydrogen-bond donors (Lipinski definition) is 1. The van der Waals surface area contributed by atoms with E-state index in [1.165, 1.54) is 0 Å². The molecule has 2 aromatic rings. The van der Waals surface area contributed by atoms with Crippen LogP contribution in [0.1, 0.15) is 21.5 Å². The largest absolute Gasteiger partial charge is 0.416 e. The third kappa shape index (κ3) is 3.60. The number of rotatable bonds is 3. The zero-order chi connectivity index (χ0) is 14.6. The van der Waals surface area contributed by atoms with E-state index in [2.05, 4.69) is 11.4 Å². The van der Waals surface area contributed by atoms with Crippen molar-refractivity contribution in [3.8, 4) is 0 Å².